The topological polar surface area (TPSA) is 53.1 Å². The molecule has 0 bridgehead atoms. The van der Waals surface area contributed by atoms with E-state index in [2.05, 4.69) is 36.1 Å². The zero-order valence-corrected chi connectivity index (χ0v) is 22.3. The van der Waals surface area contributed by atoms with Crippen LogP contribution in [0.3, 0.4) is 0 Å². The first kappa shape index (κ1) is 26.5. The maximum atomic E-state index is 7.00. The van der Waals surface area contributed by atoms with Crippen molar-refractivity contribution in [1.82, 2.24) is 0 Å². The molecular formula is C17H38NO2SSn2. The number of unbranched alkanes of at least 4 members (excludes halogenated alkanes) is 4. The van der Waals surface area contributed by atoms with Gasteiger partial charge in [-0.05, 0) is 0 Å². The van der Waals surface area contributed by atoms with E-state index in [4.69, 9.17) is 13.6 Å². The number of rotatable bonds is 15. The van der Waals surface area contributed by atoms with Crippen LogP contribution in [0.25, 0.3) is 0 Å². The third-order valence-corrected chi connectivity index (χ3v) is 33.6. The van der Waals surface area contributed by atoms with Gasteiger partial charge in [-0.1, -0.05) is 0 Å². The molecule has 0 aliphatic heterocycles. The maximum Gasteiger partial charge on any atom is -0.412 e. The fourth-order valence-electron chi connectivity index (χ4n) is 2.78. The van der Waals surface area contributed by atoms with Crippen molar-refractivity contribution >= 4 is 56.6 Å². The summed E-state index contributed by atoms with van der Waals surface area (Å²) < 4.78 is 17.0. The van der Waals surface area contributed by atoms with Crippen LogP contribution >= 0.6 is 12.2 Å². The van der Waals surface area contributed by atoms with Crippen LogP contribution in [-0.4, -0.2) is 49.9 Å². The Morgan fingerprint density at radius 1 is 0.870 bits per heavy atom. The van der Waals surface area contributed by atoms with Crippen LogP contribution in [0.4, 0.5) is 0 Å². The molecule has 0 saturated carbocycles. The summed E-state index contributed by atoms with van der Waals surface area (Å²) in [7, 11) is 0. The average Bonchev–Trinajstić information content (AvgIpc) is 2.54. The van der Waals surface area contributed by atoms with Crippen LogP contribution in [0, 0.1) is 0 Å². The Kier molecular flexibility index (Phi) is 20.9. The van der Waals surface area contributed by atoms with Crippen molar-refractivity contribution in [3.63, 3.8) is 0 Å². The minimum absolute atomic E-state index is 0. The first-order chi connectivity index (χ1) is 10.7. The molecule has 0 aliphatic carbocycles. The predicted octanol–water partition coefficient (Wildman–Crippen LogP) is 5.92. The molecule has 0 saturated heterocycles. The number of hydrogen-bond acceptors (Lipinski definition) is 3. The monoisotopic (exact) mass is 560 g/mol. The summed E-state index contributed by atoms with van der Waals surface area (Å²) in [6.07, 6.45) is 10.5. The van der Waals surface area contributed by atoms with E-state index in [1.165, 1.54) is 69.1 Å². The van der Waals surface area contributed by atoms with E-state index < -0.39 is 39.2 Å². The van der Waals surface area contributed by atoms with Gasteiger partial charge in [-0.3, -0.25) is 0 Å². The number of thiocarbonyl (C=S) groups is 1. The summed E-state index contributed by atoms with van der Waals surface area (Å²) in [5.74, 6) is 0. The Bertz CT molecular complexity index is 291. The molecule has 0 aromatic heterocycles. The Morgan fingerprint density at radius 3 is 1.65 bits per heavy atom. The molecule has 6 heteroatoms. The molecule has 0 aliphatic rings. The van der Waals surface area contributed by atoms with E-state index in [-0.39, 0.29) is 5.48 Å². The second kappa shape index (κ2) is 18.1. The van der Waals surface area contributed by atoms with Gasteiger partial charge in [-0.25, -0.2) is 0 Å². The van der Waals surface area contributed by atoms with Gasteiger partial charge in [0.25, 0.3) is 0 Å². The number of nitrogens with zero attached hydrogens (tertiary/aromatic N) is 1. The molecule has 0 aromatic rings. The van der Waals surface area contributed by atoms with Crippen LogP contribution in [0.15, 0.2) is 3.21 Å². The third-order valence-electron chi connectivity index (χ3n) is 4.21. The van der Waals surface area contributed by atoms with Gasteiger partial charge in [0.2, 0.25) is 0 Å². The van der Waals surface area contributed by atoms with E-state index in [1.54, 1.807) is 0 Å². The summed E-state index contributed by atoms with van der Waals surface area (Å²) >= 11 is 0.317. The van der Waals surface area contributed by atoms with Crippen molar-refractivity contribution in [2.45, 2.75) is 96.8 Å². The summed E-state index contributed by atoms with van der Waals surface area (Å²) in [6, 6.07) is 0. The molecule has 23 heavy (non-hydrogen) atoms. The molecule has 1 radical (unpaired) electrons. The Hall–Kier alpha value is 1.32. The Morgan fingerprint density at radius 2 is 1.30 bits per heavy atom. The second-order valence-corrected chi connectivity index (χ2v) is 26.3. The normalized spacial score (nSPS) is 11.2. The zero-order valence-electron chi connectivity index (χ0n) is 15.7. The summed E-state index contributed by atoms with van der Waals surface area (Å²) in [6.45, 7) is 9.18. The quantitative estimate of drug-likeness (QED) is 0.143. The molecule has 0 unspecified atom stereocenters. The van der Waals surface area contributed by atoms with Crippen molar-refractivity contribution in [1.29, 1.82) is 0 Å². The Balaban J connectivity index is 0. The van der Waals surface area contributed by atoms with Gasteiger partial charge < -0.3 is 5.48 Å². The predicted molar refractivity (Wildman–Crippen MR) is 110 cm³/mol. The zero-order chi connectivity index (χ0) is 16.7. The first-order valence-corrected chi connectivity index (χ1v) is 21.4. The molecule has 0 heterocycles. The van der Waals surface area contributed by atoms with Crippen molar-refractivity contribution in [3.8, 4) is 0 Å². The summed E-state index contributed by atoms with van der Waals surface area (Å²) in [5, 5.41) is 2.67. The van der Waals surface area contributed by atoms with Crippen molar-refractivity contribution in [2.75, 3.05) is 0 Å². The fraction of sp³-hybridized carbons (Fsp3) is 0.941. The van der Waals surface area contributed by atoms with Gasteiger partial charge in [-0.15, -0.1) is 0 Å². The van der Waals surface area contributed by atoms with Crippen LogP contribution in [0.1, 0.15) is 79.1 Å². The van der Waals surface area contributed by atoms with Crippen LogP contribution in [-0.2, 0) is 1.41 Å². The molecule has 3 nitrogen and oxygen atoms in total. The van der Waals surface area contributed by atoms with Gasteiger partial charge in [0, 0.05) is 0 Å². The Labute approximate surface area is 162 Å². The molecule has 0 atom stereocenters. The third kappa shape index (κ3) is 13.2. The van der Waals surface area contributed by atoms with Crippen LogP contribution in [0.5, 0.6) is 0 Å². The molecule has 0 amide bonds. The van der Waals surface area contributed by atoms with Gasteiger partial charge in [-0.2, -0.15) is 0 Å². The van der Waals surface area contributed by atoms with E-state index in [1.807, 2.05) is 0 Å². The summed E-state index contributed by atoms with van der Waals surface area (Å²) in [4.78, 5) is 0. The van der Waals surface area contributed by atoms with E-state index >= 15 is 0 Å². The average molecular weight is 558 g/mol. The molecular weight excluding hydrogens is 520 g/mol. The minimum atomic E-state index is -2.46. The van der Waals surface area contributed by atoms with Crippen molar-refractivity contribution in [2.24, 2.45) is 3.21 Å². The largest absolute Gasteiger partial charge is 0.412 e. The second-order valence-electron chi connectivity index (χ2n) is 6.30. The van der Waals surface area contributed by atoms with Crippen LogP contribution in [0.2, 0.25) is 17.7 Å². The smallest absolute Gasteiger partial charge is 0.412 e. The maximum absolute atomic E-state index is 7.00. The van der Waals surface area contributed by atoms with Crippen LogP contribution < -0.4 is 0 Å². The number of isothiocyanates is 1. The van der Waals surface area contributed by atoms with E-state index in [0.29, 0.717) is 0 Å². The van der Waals surface area contributed by atoms with E-state index in [0.717, 1.165) is 0 Å². The summed E-state index contributed by atoms with van der Waals surface area (Å²) in [5.41, 5.74) is 0. The van der Waals surface area contributed by atoms with Gasteiger partial charge >= 0.3 is 158 Å². The van der Waals surface area contributed by atoms with E-state index in [9.17, 15) is 0 Å². The standard InChI is InChI=1S/4C4H9.CNS.H2O.O.2Sn/c4*1-3-4-2;2-1-3;;;;/h4*1,3-4H2,2H3;;1H2;;;/q;;;;-1;;;;+1. The van der Waals surface area contributed by atoms with Gasteiger partial charge in [0.15, 0.2) is 0 Å². The van der Waals surface area contributed by atoms with Gasteiger partial charge in [0.05, 0.1) is 0 Å². The number of hydrogen-bond donors (Lipinski definition) is 0. The molecule has 0 aromatic carbocycles. The van der Waals surface area contributed by atoms with Crippen molar-refractivity contribution in [3.05, 3.63) is 0 Å². The first-order valence-electron chi connectivity index (χ1n) is 9.30. The van der Waals surface area contributed by atoms with Crippen molar-refractivity contribution < 1.29 is 6.89 Å². The molecule has 0 rings (SSSR count). The SMILES string of the molecule is CCC[CH2][Sn]([N]=C=S)[O][Sn]([CH2]CCC)([CH2]CCC)[CH2]CCC.O. The molecule has 0 fully saturated rings. The van der Waals surface area contributed by atoms with Gasteiger partial charge in [0.1, 0.15) is 0 Å². The molecule has 0 spiro atoms. The fourth-order valence-corrected chi connectivity index (χ4v) is 37.6. The molecule has 137 valence electrons. The molecule has 2 N–H and O–H groups in total. The minimum Gasteiger partial charge on any atom is -0.412 e.